The molecule has 32 heavy (non-hydrogen) atoms. The summed E-state index contributed by atoms with van der Waals surface area (Å²) in [5.74, 6) is -0.913. The van der Waals surface area contributed by atoms with E-state index in [1.165, 1.54) is 54.1 Å². The zero-order chi connectivity index (χ0) is 23.6. The third-order valence-electron chi connectivity index (χ3n) is 5.12. The summed E-state index contributed by atoms with van der Waals surface area (Å²) >= 11 is 1.29. The average Bonchev–Trinajstić information content (AvgIpc) is 3.13. The molecule has 0 radical (unpaired) electrons. The second-order valence-electron chi connectivity index (χ2n) is 7.36. The molecule has 1 amide bonds. The van der Waals surface area contributed by atoms with Gasteiger partial charge in [-0.25, -0.2) is 13.2 Å². The second-order valence-corrected chi connectivity index (χ2v) is 10.4. The highest BCUT2D eigenvalue weighted by Crippen LogP contribution is 2.21. The fourth-order valence-corrected chi connectivity index (χ4v) is 5.57. The van der Waals surface area contributed by atoms with Crippen molar-refractivity contribution in [2.45, 2.75) is 38.3 Å². The highest BCUT2D eigenvalue weighted by molar-refractivity contribution is 7.89. The van der Waals surface area contributed by atoms with Crippen LogP contribution in [-0.4, -0.2) is 49.4 Å². The standard InChI is InChI=1S/C22H25N3O5S2/c1-6-25-18-12-9-16(21(27)30-5)13-19(18)31-22(25)23-20(26)15-7-10-17(11-8-15)32(28,29)24(4)14(2)3/h7-14H,6H2,1-5H3. The van der Waals surface area contributed by atoms with Crippen LogP contribution in [0.5, 0.6) is 0 Å². The summed E-state index contributed by atoms with van der Waals surface area (Å²) in [5.41, 5.74) is 1.56. The molecule has 0 atom stereocenters. The number of nitrogens with zero attached hydrogens (tertiary/aromatic N) is 3. The first-order valence-corrected chi connectivity index (χ1v) is 12.2. The molecule has 0 saturated carbocycles. The molecule has 1 aromatic heterocycles. The van der Waals surface area contributed by atoms with Crippen LogP contribution in [0.4, 0.5) is 0 Å². The molecule has 0 fully saturated rings. The number of ether oxygens (including phenoxy) is 1. The molecular weight excluding hydrogens is 450 g/mol. The zero-order valence-electron chi connectivity index (χ0n) is 18.5. The van der Waals surface area contributed by atoms with E-state index in [9.17, 15) is 18.0 Å². The van der Waals surface area contributed by atoms with Gasteiger partial charge in [0.15, 0.2) is 4.80 Å². The average molecular weight is 476 g/mol. The number of esters is 1. The van der Waals surface area contributed by atoms with Gasteiger partial charge in [0, 0.05) is 25.2 Å². The number of carbonyl (C=O) groups excluding carboxylic acids is 2. The van der Waals surface area contributed by atoms with Gasteiger partial charge in [-0.2, -0.15) is 9.30 Å². The molecule has 10 heteroatoms. The van der Waals surface area contributed by atoms with Gasteiger partial charge in [-0.05, 0) is 63.2 Å². The van der Waals surface area contributed by atoms with Gasteiger partial charge >= 0.3 is 5.97 Å². The Morgan fingerprint density at radius 2 is 1.75 bits per heavy atom. The van der Waals surface area contributed by atoms with Crippen LogP contribution in [0.25, 0.3) is 10.2 Å². The number of rotatable bonds is 6. The third kappa shape index (κ3) is 4.52. The number of hydrogen-bond acceptors (Lipinski definition) is 6. The number of sulfonamides is 1. The van der Waals surface area contributed by atoms with Gasteiger partial charge in [0.05, 0.1) is 27.8 Å². The van der Waals surface area contributed by atoms with Gasteiger partial charge < -0.3 is 9.30 Å². The van der Waals surface area contributed by atoms with Crippen molar-refractivity contribution in [2.75, 3.05) is 14.2 Å². The van der Waals surface area contributed by atoms with Crippen molar-refractivity contribution >= 4 is 43.5 Å². The second kappa shape index (κ2) is 9.35. The van der Waals surface area contributed by atoms with Crippen molar-refractivity contribution < 1.29 is 22.7 Å². The summed E-state index contributed by atoms with van der Waals surface area (Å²) in [7, 11) is -0.787. The van der Waals surface area contributed by atoms with E-state index in [1.807, 2.05) is 11.5 Å². The van der Waals surface area contributed by atoms with Crippen LogP contribution in [0.15, 0.2) is 52.4 Å². The van der Waals surface area contributed by atoms with Crippen molar-refractivity contribution in [3.05, 3.63) is 58.4 Å². The largest absolute Gasteiger partial charge is 0.465 e. The first-order chi connectivity index (χ1) is 15.1. The molecule has 3 rings (SSSR count). The minimum atomic E-state index is -3.63. The Morgan fingerprint density at radius 1 is 1.12 bits per heavy atom. The summed E-state index contributed by atoms with van der Waals surface area (Å²) in [6.07, 6.45) is 0. The molecule has 3 aromatic rings. The van der Waals surface area contributed by atoms with E-state index in [4.69, 9.17) is 4.74 Å². The normalized spacial score (nSPS) is 12.7. The van der Waals surface area contributed by atoms with Gasteiger partial charge in [0.25, 0.3) is 5.91 Å². The molecule has 0 bridgehead atoms. The fourth-order valence-electron chi connectivity index (χ4n) is 3.07. The van der Waals surface area contributed by atoms with Gasteiger partial charge in [-0.1, -0.05) is 11.3 Å². The molecule has 0 aliphatic carbocycles. The lowest BCUT2D eigenvalue weighted by Gasteiger charge is -2.20. The first-order valence-electron chi connectivity index (χ1n) is 9.99. The molecule has 0 aliphatic rings. The van der Waals surface area contributed by atoms with Gasteiger partial charge in [0.1, 0.15) is 0 Å². The van der Waals surface area contributed by atoms with Gasteiger partial charge in [-0.15, -0.1) is 0 Å². The maximum atomic E-state index is 12.8. The number of hydrogen-bond donors (Lipinski definition) is 0. The summed E-state index contributed by atoms with van der Waals surface area (Å²) in [5, 5.41) is 0. The number of aromatic nitrogens is 1. The van der Waals surface area contributed by atoms with Gasteiger partial charge in [0.2, 0.25) is 10.0 Å². The summed E-state index contributed by atoms with van der Waals surface area (Å²) < 4.78 is 34.0. The van der Waals surface area contributed by atoms with E-state index < -0.39 is 21.9 Å². The lowest BCUT2D eigenvalue weighted by Crippen LogP contribution is -2.33. The van der Waals surface area contributed by atoms with Crippen LogP contribution in [0.1, 0.15) is 41.5 Å². The van der Waals surface area contributed by atoms with E-state index in [-0.39, 0.29) is 16.5 Å². The SMILES string of the molecule is CCn1c(=NC(=O)c2ccc(S(=O)(=O)N(C)C(C)C)cc2)sc2cc(C(=O)OC)ccc21. The number of amides is 1. The minimum Gasteiger partial charge on any atom is -0.465 e. The maximum absolute atomic E-state index is 12.8. The number of aryl methyl sites for hydroxylation is 1. The first kappa shape index (κ1) is 23.8. The molecule has 0 N–H and O–H groups in total. The highest BCUT2D eigenvalue weighted by atomic mass is 32.2. The van der Waals surface area contributed by atoms with Crippen LogP contribution in [0, 0.1) is 0 Å². The predicted molar refractivity (Wildman–Crippen MR) is 123 cm³/mol. The molecule has 2 aromatic carbocycles. The van der Waals surface area contributed by atoms with Crippen LogP contribution in [0.3, 0.4) is 0 Å². The smallest absolute Gasteiger partial charge is 0.337 e. The van der Waals surface area contributed by atoms with Crippen LogP contribution >= 0.6 is 11.3 Å². The van der Waals surface area contributed by atoms with Crippen LogP contribution < -0.4 is 4.80 Å². The highest BCUT2D eigenvalue weighted by Gasteiger charge is 2.23. The van der Waals surface area contributed by atoms with Crippen molar-refractivity contribution in [3.63, 3.8) is 0 Å². The number of carbonyl (C=O) groups is 2. The minimum absolute atomic E-state index is 0.117. The third-order valence-corrected chi connectivity index (χ3v) is 8.21. The van der Waals surface area contributed by atoms with E-state index in [1.54, 1.807) is 32.0 Å². The van der Waals surface area contributed by atoms with Crippen molar-refractivity contribution in [1.29, 1.82) is 0 Å². The molecule has 170 valence electrons. The fraction of sp³-hybridized carbons (Fsp3) is 0.318. The van der Waals surface area contributed by atoms with E-state index in [0.717, 1.165) is 10.2 Å². The number of benzene rings is 2. The number of fused-ring (bicyclic) bond motifs is 1. The predicted octanol–water partition coefficient (Wildman–Crippen LogP) is 3.28. The summed E-state index contributed by atoms with van der Waals surface area (Å²) in [4.78, 5) is 29.4. The Morgan fingerprint density at radius 3 is 2.31 bits per heavy atom. The summed E-state index contributed by atoms with van der Waals surface area (Å²) in [6.45, 7) is 6.10. The summed E-state index contributed by atoms with van der Waals surface area (Å²) in [6, 6.07) is 10.8. The van der Waals surface area contributed by atoms with Crippen LogP contribution in [-0.2, 0) is 21.3 Å². The molecule has 1 heterocycles. The Labute approximate surface area is 190 Å². The number of thiazole rings is 1. The Balaban J connectivity index is 1.98. The van der Waals surface area contributed by atoms with Crippen molar-refractivity contribution in [3.8, 4) is 0 Å². The monoisotopic (exact) mass is 475 g/mol. The lowest BCUT2D eigenvalue weighted by molar-refractivity contribution is 0.0600. The van der Waals surface area contributed by atoms with Crippen molar-refractivity contribution in [2.24, 2.45) is 4.99 Å². The van der Waals surface area contributed by atoms with Gasteiger partial charge in [-0.3, -0.25) is 4.79 Å². The number of methoxy groups -OCH3 is 1. The molecule has 0 spiro atoms. The molecule has 8 nitrogen and oxygen atoms in total. The lowest BCUT2D eigenvalue weighted by atomic mass is 10.2. The molecular formula is C22H25N3O5S2. The van der Waals surface area contributed by atoms with E-state index >= 15 is 0 Å². The Bertz CT molecular complexity index is 1340. The Kier molecular flexibility index (Phi) is 6.97. The van der Waals surface area contributed by atoms with Crippen LogP contribution in [0.2, 0.25) is 0 Å². The quantitative estimate of drug-likeness (QED) is 0.510. The van der Waals surface area contributed by atoms with E-state index in [2.05, 4.69) is 4.99 Å². The van der Waals surface area contributed by atoms with Crippen molar-refractivity contribution in [1.82, 2.24) is 8.87 Å². The maximum Gasteiger partial charge on any atom is 0.337 e. The topological polar surface area (TPSA) is 98.0 Å². The zero-order valence-corrected chi connectivity index (χ0v) is 20.2. The van der Waals surface area contributed by atoms with E-state index in [0.29, 0.717) is 16.9 Å². The molecule has 0 unspecified atom stereocenters. The molecule has 0 aliphatic heterocycles. The molecule has 0 saturated heterocycles. The Hall–Kier alpha value is -2.82.